The predicted molar refractivity (Wildman–Crippen MR) is 123 cm³/mol. The molecule has 2 fully saturated rings. The molecule has 0 spiro atoms. The molecule has 2 aromatic carbocycles. The summed E-state index contributed by atoms with van der Waals surface area (Å²) in [6, 6.07) is 15.0. The Morgan fingerprint density at radius 1 is 1.06 bits per heavy atom. The van der Waals surface area contributed by atoms with Gasteiger partial charge in [0.05, 0.1) is 33.6 Å². The number of dihydropyridines is 1. The lowest BCUT2D eigenvalue weighted by molar-refractivity contribution is 0.114. The fraction of sp³-hybridized carbons (Fsp3) is 0.333. The normalized spacial score (nSPS) is 25.1. The molecular weight excluding hydrogens is 410 g/mol. The number of fused-ring (bicyclic) bond motifs is 1. The van der Waals surface area contributed by atoms with Crippen LogP contribution in [-0.2, 0) is 16.7 Å². The first-order valence-corrected chi connectivity index (χ1v) is 11.4. The predicted octanol–water partition coefficient (Wildman–Crippen LogP) is 2.88. The average molecular weight is 439 g/mol. The van der Waals surface area contributed by atoms with Crippen LogP contribution in [0.4, 0.5) is 0 Å². The van der Waals surface area contributed by atoms with Crippen LogP contribution in [0.1, 0.15) is 23.1 Å². The van der Waals surface area contributed by atoms with Gasteiger partial charge in [-0.1, -0.05) is 28.6 Å². The summed E-state index contributed by atoms with van der Waals surface area (Å²) in [7, 11) is 3.35. The van der Waals surface area contributed by atoms with E-state index in [9.17, 15) is 0 Å². The van der Waals surface area contributed by atoms with Crippen molar-refractivity contribution in [3.8, 4) is 11.5 Å². The van der Waals surface area contributed by atoms with Crippen LogP contribution in [-0.4, -0.2) is 44.5 Å². The van der Waals surface area contributed by atoms with Crippen LogP contribution in [0.5, 0.6) is 11.5 Å². The third-order valence-corrected chi connectivity index (χ3v) is 7.20. The first-order chi connectivity index (χ1) is 15.3. The molecule has 0 saturated carbocycles. The Hall–Kier alpha value is -2.45. The molecule has 2 N–H and O–H groups in total. The molecule has 5 rings (SSSR count). The van der Waals surface area contributed by atoms with E-state index in [0.717, 1.165) is 24.6 Å². The van der Waals surface area contributed by atoms with Crippen molar-refractivity contribution in [2.24, 2.45) is 0 Å². The van der Waals surface area contributed by atoms with Crippen molar-refractivity contribution < 1.29 is 14.2 Å². The second-order valence-electron chi connectivity index (χ2n) is 7.83. The number of methoxy groups -OCH3 is 2. The molecule has 162 valence electrons. The van der Waals surface area contributed by atoms with Crippen LogP contribution in [0.3, 0.4) is 0 Å². The SMILES string of the molecule is COc1ccc(C2CN([SH+]c3cccc(C4CNCO4)c3)C3NC=CC=C23)cc1OC. The Balaban J connectivity index is 1.40. The summed E-state index contributed by atoms with van der Waals surface area (Å²) < 4.78 is 19.2. The van der Waals surface area contributed by atoms with Gasteiger partial charge in [0.25, 0.3) is 0 Å². The maximum Gasteiger partial charge on any atom is 0.173 e. The van der Waals surface area contributed by atoms with Crippen molar-refractivity contribution in [3.05, 3.63) is 77.5 Å². The zero-order chi connectivity index (χ0) is 21.2. The molecule has 31 heavy (non-hydrogen) atoms. The molecule has 2 saturated heterocycles. The van der Waals surface area contributed by atoms with Crippen LogP contribution in [0.15, 0.2) is 71.3 Å². The van der Waals surface area contributed by atoms with Crippen LogP contribution in [0.2, 0.25) is 0 Å². The largest absolute Gasteiger partial charge is 0.493 e. The highest BCUT2D eigenvalue weighted by atomic mass is 32.2. The van der Waals surface area contributed by atoms with Crippen LogP contribution in [0.25, 0.3) is 0 Å². The number of rotatable bonds is 6. The molecule has 6 nitrogen and oxygen atoms in total. The monoisotopic (exact) mass is 438 g/mol. The lowest BCUT2D eigenvalue weighted by Gasteiger charge is -2.21. The van der Waals surface area contributed by atoms with E-state index < -0.39 is 0 Å². The van der Waals surface area contributed by atoms with Gasteiger partial charge in [0.1, 0.15) is 18.1 Å². The Bertz CT molecular complexity index is 1000. The third-order valence-electron chi connectivity index (χ3n) is 6.04. The Labute approximate surface area is 187 Å². The van der Waals surface area contributed by atoms with Gasteiger partial charge in [-0.15, -0.1) is 0 Å². The minimum atomic E-state index is 0.138. The number of allylic oxidation sites excluding steroid dienone is 2. The first kappa shape index (κ1) is 20.5. The molecule has 2 aromatic rings. The molecule has 3 unspecified atom stereocenters. The zero-order valence-electron chi connectivity index (χ0n) is 17.7. The Morgan fingerprint density at radius 3 is 2.77 bits per heavy atom. The number of benzene rings is 2. The topological polar surface area (TPSA) is 55.0 Å². The summed E-state index contributed by atoms with van der Waals surface area (Å²) in [6.45, 7) is 2.42. The van der Waals surface area contributed by atoms with Crippen molar-refractivity contribution in [2.75, 3.05) is 34.0 Å². The molecule has 3 atom stereocenters. The summed E-state index contributed by atoms with van der Waals surface area (Å²) in [5.41, 5.74) is 3.85. The van der Waals surface area contributed by atoms with Gasteiger partial charge < -0.3 is 19.5 Å². The second-order valence-corrected chi connectivity index (χ2v) is 9.06. The van der Waals surface area contributed by atoms with E-state index in [4.69, 9.17) is 14.2 Å². The van der Waals surface area contributed by atoms with Gasteiger partial charge in [-0.05, 0) is 47.2 Å². The van der Waals surface area contributed by atoms with Crippen molar-refractivity contribution in [2.45, 2.75) is 23.1 Å². The molecule has 0 aromatic heterocycles. The van der Waals surface area contributed by atoms with Crippen molar-refractivity contribution in [3.63, 3.8) is 0 Å². The fourth-order valence-electron chi connectivity index (χ4n) is 4.48. The molecule has 0 amide bonds. The van der Waals surface area contributed by atoms with E-state index in [1.54, 1.807) is 14.2 Å². The number of thiol groups is 1. The number of hydrogen-bond acceptors (Lipinski definition) is 6. The molecule has 7 heteroatoms. The molecule has 3 aliphatic heterocycles. The standard InChI is InChI=1S/C24H27N3O3S/c1-28-21-9-8-16(12-22(21)29-2)20-14-27(24-19(20)7-4-10-26-24)31-18-6-3-5-17(11-18)23-13-25-15-30-23/h3-12,20,23-26H,13-15H2,1-2H3/p+1. The molecule has 0 radical (unpaired) electrons. The lowest BCUT2D eigenvalue weighted by Crippen LogP contribution is -2.39. The summed E-state index contributed by atoms with van der Waals surface area (Å²) >= 11 is 1.18. The van der Waals surface area contributed by atoms with Crippen molar-refractivity contribution in [1.82, 2.24) is 14.9 Å². The van der Waals surface area contributed by atoms with Gasteiger partial charge in [0.15, 0.2) is 16.4 Å². The second kappa shape index (κ2) is 8.96. The van der Waals surface area contributed by atoms with Gasteiger partial charge in [0.2, 0.25) is 0 Å². The van der Waals surface area contributed by atoms with E-state index >= 15 is 0 Å². The summed E-state index contributed by atoms with van der Waals surface area (Å²) in [6.07, 6.45) is 6.68. The Kier molecular flexibility index (Phi) is 5.91. The minimum Gasteiger partial charge on any atom is -0.493 e. The number of nitrogens with zero attached hydrogens (tertiary/aromatic N) is 1. The maximum atomic E-state index is 5.78. The highest BCUT2D eigenvalue weighted by Crippen LogP contribution is 2.41. The fourth-order valence-corrected chi connectivity index (χ4v) is 5.70. The maximum absolute atomic E-state index is 5.78. The van der Waals surface area contributed by atoms with E-state index in [1.807, 2.05) is 12.3 Å². The van der Waals surface area contributed by atoms with Gasteiger partial charge >= 0.3 is 0 Å². The summed E-state index contributed by atoms with van der Waals surface area (Å²) in [5, 5.41) is 6.81. The van der Waals surface area contributed by atoms with E-state index in [1.165, 1.54) is 33.5 Å². The lowest BCUT2D eigenvalue weighted by atomic mass is 9.91. The minimum absolute atomic E-state index is 0.138. The highest BCUT2D eigenvalue weighted by molar-refractivity contribution is 7.76. The van der Waals surface area contributed by atoms with Crippen LogP contribution in [0, 0.1) is 0 Å². The van der Waals surface area contributed by atoms with Crippen LogP contribution >= 0.6 is 0 Å². The smallest absolute Gasteiger partial charge is 0.173 e. The Morgan fingerprint density at radius 2 is 1.97 bits per heavy atom. The van der Waals surface area contributed by atoms with Gasteiger partial charge in [-0.2, -0.15) is 0 Å². The molecule has 3 heterocycles. The number of ether oxygens (including phenoxy) is 3. The molecule has 3 aliphatic rings. The number of nitrogens with one attached hydrogen (secondary N) is 2. The number of hydrogen-bond donors (Lipinski definition) is 2. The zero-order valence-corrected chi connectivity index (χ0v) is 18.6. The van der Waals surface area contributed by atoms with Crippen molar-refractivity contribution in [1.29, 1.82) is 0 Å². The van der Waals surface area contributed by atoms with Gasteiger partial charge in [0, 0.05) is 18.5 Å². The van der Waals surface area contributed by atoms with E-state index in [0.29, 0.717) is 12.6 Å². The van der Waals surface area contributed by atoms with Crippen molar-refractivity contribution >= 4 is 11.9 Å². The van der Waals surface area contributed by atoms with E-state index in [2.05, 4.69) is 63.5 Å². The van der Waals surface area contributed by atoms with Gasteiger partial charge in [-0.3, -0.25) is 5.32 Å². The molecular formula is C24H28N3O3S+. The van der Waals surface area contributed by atoms with E-state index in [-0.39, 0.29) is 12.3 Å². The quantitative estimate of drug-likeness (QED) is 0.534. The average Bonchev–Trinajstić information content (AvgIpc) is 3.48. The first-order valence-electron chi connectivity index (χ1n) is 10.5. The summed E-state index contributed by atoms with van der Waals surface area (Å²) in [4.78, 5) is 1.27. The molecule has 0 aliphatic carbocycles. The summed E-state index contributed by atoms with van der Waals surface area (Å²) in [5.74, 6) is 1.82. The highest BCUT2D eigenvalue weighted by Gasteiger charge is 2.43. The molecule has 0 bridgehead atoms. The third kappa shape index (κ3) is 4.06. The van der Waals surface area contributed by atoms with Gasteiger partial charge in [-0.25, -0.2) is 0 Å². The van der Waals surface area contributed by atoms with Crippen LogP contribution < -0.4 is 20.1 Å².